The molecule has 1 saturated heterocycles. The molecule has 0 aliphatic carbocycles. The number of aromatic nitrogens is 1. The summed E-state index contributed by atoms with van der Waals surface area (Å²) in [4.78, 5) is 18.4. The number of ether oxygens (including phenoxy) is 1. The Bertz CT molecular complexity index is 612. The Hall–Kier alpha value is -2.08. The molecule has 1 aromatic heterocycles. The Labute approximate surface area is 129 Å². The number of rotatable bonds is 4. The van der Waals surface area contributed by atoms with Gasteiger partial charge in [-0.05, 0) is 26.0 Å². The van der Waals surface area contributed by atoms with Crippen molar-refractivity contribution in [2.75, 3.05) is 25.0 Å². The van der Waals surface area contributed by atoms with Gasteiger partial charge in [0, 0.05) is 26.1 Å². The molecular weight excluding hydrogens is 282 g/mol. The van der Waals surface area contributed by atoms with Crippen molar-refractivity contribution in [1.82, 2.24) is 9.88 Å². The third kappa shape index (κ3) is 3.39. The van der Waals surface area contributed by atoms with Crippen LogP contribution in [0.25, 0.3) is 11.1 Å². The highest BCUT2D eigenvalue weighted by Crippen LogP contribution is 2.18. The highest BCUT2D eigenvalue weighted by atomic mass is 16.5. The van der Waals surface area contributed by atoms with E-state index in [4.69, 9.17) is 9.15 Å². The maximum atomic E-state index is 12.2. The standard InChI is InChI=1S/C16H21N3O3/c1-11-9-19(10-12(2)21-11)15(20)7-8-17-16-18-13-5-3-4-6-14(13)22-16/h3-6,11-12H,7-10H2,1-2H3,(H,17,18)/t11-,12-/m1/s1. The number of fused-ring (bicyclic) bond motifs is 1. The van der Waals surface area contributed by atoms with E-state index in [1.807, 2.05) is 43.0 Å². The van der Waals surface area contributed by atoms with Gasteiger partial charge in [-0.2, -0.15) is 4.98 Å². The third-order valence-corrected chi connectivity index (χ3v) is 3.68. The molecule has 0 radical (unpaired) electrons. The van der Waals surface area contributed by atoms with Crippen LogP contribution in [0.5, 0.6) is 0 Å². The molecule has 0 unspecified atom stereocenters. The molecular formula is C16H21N3O3. The van der Waals surface area contributed by atoms with Gasteiger partial charge in [-0.25, -0.2) is 0 Å². The maximum Gasteiger partial charge on any atom is 0.295 e. The van der Waals surface area contributed by atoms with Gasteiger partial charge in [-0.1, -0.05) is 12.1 Å². The largest absolute Gasteiger partial charge is 0.424 e. The predicted molar refractivity (Wildman–Crippen MR) is 83.7 cm³/mol. The predicted octanol–water partition coefficient (Wildman–Crippen LogP) is 2.27. The fourth-order valence-electron chi connectivity index (χ4n) is 2.76. The normalized spacial score (nSPS) is 22.0. The Morgan fingerprint density at radius 3 is 2.77 bits per heavy atom. The van der Waals surface area contributed by atoms with Crippen LogP contribution in [0.1, 0.15) is 20.3 Å². The summed E-state index contributed by atoms with van der Waals surface area (Å²) in [6.45, 7) is 5.81. The first-order valence-corrected chi connectivity index (χ1v) is 7.64. The van der Waals surface area contributed by atoms with E-state index in [0.29, 0.717) is 32.1 Å². The Balaban J connectivity index is 1.51. The summed E-state index contributed by atoms with van der Waals surface area (Å²) in [7, 11) is 0. The molecule has 1 fully saturated rings. The lowest BCUT2D eigenvalue weighted by Gasteiger charge is -2.35. The van der Waals surface area contributed by atoms with Gasteiger partial charge in [0.2, 0.25) is 5.91 Å². The molecule has 3 rings (SSSR count). The molecule has 0 saturated carbocycles. The fraction of sp³-hybridized carbons (Fsp3) is 0.500. The first-order chi connectivity index (χ1) is 10.6. The number of amides is 1. The number of oxazole rings is 1. The van der Waals surface area contributed by atoms with E-state index in [-0.39, 0.29) is 18.1 Å². The average Bonchev–Trinajstić information content (AvgIpc) is 2.88. The van der Waals surface area contributed by atoms with E-state index in [1.54, 1.807) is 0 Å². The first-order valence-electron chi connectivity index (χ1n) is 7.64. The SMILES string of the molecule is C[C@@H]1CN(C(=O)CCNc2nc3ccccc3o2)C[C@@H](C)O1. The molecule has 0 spiro atoms. The number of carbonyl (C=O) groups excluding carboxylic acids is 1. The highest BCUT2D eigenvalue weighted by Gasteiger charge is 2.25. The van der Waals surface area contributed by atoms with Crippen molar-refractivity contribution >= 4 is 23.0 Å². The van der Waals surface area contributed by atoms with Gasteiger partial charge in [0.25, 0.3) is 6.01 Å². The molecule has 0 bridgehead atoms. The maximum absolute atomic E-state index is 12.2. The molecule has 2 atom stereocenters. The van der Waals surface area contributed by atoms with Crippen LogP contribution in [0.2, 0.25) is 0 Å². The first kappa shape index (κ1) is 14.8. The van der Waals surface area contributed by atoms with E-state index < -0.39 is 0 Å². The summed E-state index contributed by atoms with van der Waals surface area (Å²) in [5.74, 6) is 0.130. The van der Waals surface area contributed by atoms with Gasteiger partial charge in [-0.3, -0.25) is 4.79 Å². The second kappa shape index (κ2) is 6.36. The number of benzene rings is 1. The smallest absolute Gasteiger partial charge is 0.295 e. The Morgan fingerprint density at radius 1 is 1.32 bits per heavy atom. The van der Waals surface area contributed by atoms with Gasteiger partial charge in [0.15, 0.2) is 5.58 Å². The number of morpholine rings is 1. The quantitative estimate of drug-likeness (QED) is 0.938. The van der Waals surface area contributed by atoms with Gasteiger partial charge in [0.1, 0.15) is 5.52 Å². The molecule has 22 heavy (non-hydrogen) atoms. The summed E-state index contributed by atoms with van der Waals surface area (Å²) >= 11 is 0. The monoisotopic (exact) mass is 303 g/mol. The molecule has 1 N–H and O–H groups in total. The van der Waals surface area contributed by atoms with Gasteiger partial charge < -0.3 is 19.4 Å². The van der Waals surface area contributed by atoms with Crippen molar-refractivity contribution in [2.45, 2.75) is 32.5 Å². The van der Waals surface area contributed by atoms with Crippen LogP contribution < -0.4 is 5.32 Å². The van der Waals surface area contributed by atoms with Crippen LogP contribution in [0.4, 0.5) is 6.01 Å². The van der Waals surface area contributed by atoms with E-state index in [2.05, 4.69) is 10.3 Å². The molecule has 1 aromatic carbocycles. The Morgan fingerprint density at radius 2 is 2.05 bits per heavy atom. The minimum Gasteiger partial charge on any atom is -0.424 e. The van der Waals surface area contributed by atoms with E-state index in [0.717, 1.165) is 11.1 Å². The van der Waals surface area contributed by atoms with Crippen LogP contribution in [0, 0.1) is 0 Å². The summed E-state index contributed by atoms with van der Waals surface area (Å²) in [5, 5.41) is 3.07. The number of anilines is 1. The van der Waals surface area contributed by atoms with Crippen molar-refractivity contribution in [2.24, 2.45) is 0 Å². The minimum absolute atomic E-state index is 0.0951. The average molecular weight is 303 g/mol. The number of para-hydroxylation sites is 2. The van der Waals surface area contributed by atoms with Crippen LogP contribution in [0.3, 0.4) is 0 Å². The van der Waals surface area contributed by atoms with Crippen molar-refractivity contribution in [3.63, 3.8) is 0 Å². The number of hydrogen-bond donors (Lipinski definition) is 1. The minimum atomic E-state index is 0.0951. The van der Waals surface area contributed by atoms with Crippen molar-refractivity contribution in [3.8, 4) is 0 Å². The lowest BCUT2D eigenvalue weighted by Crippen LogP contribution is -2.48. The van der Waals surface area contributed by atoms with Crippen LogP contribution >= 0.6 is 0 Å². The second-order valence-corrected chi connectivity index (χ2v) is 5.72. The zero-order valence-electron chi connectivity index (χ0n) is 12.9. The van der Waals surface area contributed by atoms with Crippen LogP contribution in [-0.4, -0.2) is 47.6 Å². The molecule has 118 valence electrons. The third-order valence-electron chi connectivity index (χ3n) is 3.68. The summed E-state index contributed by atoms with van der Waals surface area (Å²) in [6, 6.07) is 8.04. The zero-order valence-corrected chi connectivity index (χ0v) is 12.9. The van der Waals surface area contributed by atoms with E-state index in [9.17, 15) is 4.79 Å². The van der Waals surface area contributed by atoms with Crippen molar-refractivity contribution < 1.29 is 13.9 Å². The van der Waals surface area contributed by atoms with Crippen LogP contribution in [0.15, 0.2) is 28.7 Å². The number of hydrogen-bond acceptors (Lipinski definition) is 5. The molecule has 6 heteroatoms. The highest BCUT2D eigenvalue weighted by molar-refractivity contribution is 5.77. The number of carbonyl (C=O) groups is 1. The van der Waals surface area contributed by atoms with E-state index in [1.165, 1.54) is 0 Å². The summed E-state index contributed by atoms with van der Waals surface area (Å²) in [5.41, 5.74) is 1.55. The molecule has 2 aromatic rings. The van der Waals surface area contributed by atoms with E-state index >= 15 is 0 Å². The lowest BCUT2D eigenvalue weighted by molar-refractivity contribution is -0.142. The molecule has 1 amide bonds. The van der Waals surface area contributed by atoms with Gasteiger partial charge in [-0.15, -0.1) is 0 Å². The van der Waals surface area contributed by atoms with Crippen molar-refractivity contribution in [1.29, 1.82) is 0 Å². The van der Waals surface area contributed by atoms with Crippen LogP contribution in [-0.2, 0) is 9.53 Å². The zero-order chi connectivity index (χ0) is 15.5. The molecule has 2 heterocycles. The number of nitrogens with one attached hydrogen (secondary N) is 1. The molecule has 6 nitrogen and oxygen atoms in total. The van der Waals surface area contributed by atoms with Gasteiger partial charge >= 0.3 is 0 Å². The fourth-order valence-corrected chi connectivity index (χ4v) is 2.76. The van der Waals surface area contributed by atoms with Gasteiger partial charge in [0.05, 0.1) is 12.2 Å². The molecule has 1 aliphatic rings. The number of nitrogens with zero attached hydrogens (tertiary/aromatic N) is 2. The molecule has 1 aliphatic heterocycles. The lowest BCUT2D eigenvalue weighted by atomic mass is 10.2. The van der Waals surface area contributed by atoms with Crippen molar-refractivity contribution in [3.05, 3.63) is 24.3 Å². The Kier molecular flexibility index (Phi) is 4.29. The topological polar surface area (TPSA) is 67.6 Å². The summed E-state index contributed by atoms with van der Waals surface area (Å²) < 4.78 is 11.2. The summed E-state index contributed by atoms with van der Waals surface area (Å²) in [6.07, 6.45) is 0.605. The second-order valence-electron chi connectivity index (χ2n) is 5.72.